The highest BCUT2D eigenvalue weighted by molar-refractivity contribution is 5.85. The molecule has 0 amide bonds. The van der Waals surface area contributed by atoms with Crippen molar-refractivity contribution in [2.24, 2.45) is 0 Å². The van der Waals surface area contributed by atoms with Gasteiger partial charge >= 0.3 is 11.9 Å². The highest BCUT2D eigenvalue weighted by Gasteiger charge is 1.99. The number of carboxylic acids is 2. The van der Waals surface area contributed by atoms with Crippen molar-refractivity contribution in [1.82, 2.24) is 0 Å². The van der Waals surface area contributed by atoms with E-state index in [1.807, 2.05) is 0 Å². The Morgan fingerprint density at radius 2 is 1.91 bits per heavy atom. The molecule has 2 N–H and O–H groups in total. The number of hydrogen-bond acceptors (Lipinski definition) is 2. The monoisotopic (exact) mass is 158 g/mol. The van der Waals surface area contributed by atoms with Crippen LogP contribution in [-0.4, -0.2) is 22.2 Å². The first kappa shape index (κ1) is 9.68. The summed E-state index contributed by atoms with van der Waals surface area (Å²) in [5, 5.41) is 16.5. The zero-order valence-electron chi connectivity index (χ0n) is 6.20. The van der Waals surface area contributed by atoms with Crippen LogP contribution in [0.1, 0.15) is 19.8 Å². The van der Waals surface area contributed by atoms with E-state index in [4.69, 9.17) is 10.2 Å². The van der Waals surface area contributed by atoms with E-state index >= 15 is 0 Å². The van der Waals surface area contributed by atoms with Gasteiger partial charge in [0.15, 0.2) is 0 Å². The predicted octanol–water partition coefficient (Wildman–Crippen LogP) is 0.882. The highest BCUT2D eigenvalue weighted by atomic mass is 16.4. The fourth-order valence-corrected chi connectivity index (χ4v) is 0.499. The Morgan fingerprint density at radius 3 is 2.27 bits per heavy atom. The summed E-state index contributed by atoms with van der Waals surface area (Å²) in [7, 11) is 0. The lowest BCUT2D eigenvalue weighted by Crippen LogP contribution is -1.97. The van der Waals surface area contributed by atoms with Crippen molar-refractivity contribution in [3.05, 3.63) is 11.6 Å². The average molecular weight is 158 g/mol. The van der Waals surface area contributed by atoms with Crippen molar-refractivity contribution in [3.63, 3.8) is 0 Å². The summed E-state index contributed by atoms with van der Waals surface area (Å²) >= 11 is 0. The third-order valence-corrected chi connectivity index (χ3v) is 1.15. The molecule has 0 radical (unpaired) electrons. The molecule has 0 bridgehead atoms. The van der Waals surface area contributed by atoms with Gasteiger partial charge in [-0.2, -0.15) is 0 Å². The molecule has 0 saturated heterocycles. The standard InChI is InChI=1S/C7H10O4/c1-5(7(10)11)3-2-4-6(8)9/h3H,2,4H2,1H3,(H,8,9)(H,10,11)/b5-3+. The van der Waals surface area contributed by atoms with E-state index in [1.165, 1.54) is 13.0 Å². The van der Waals surface area contributed by atoms with Gasteiger partial charge in [0.25, 0.3) is 0 Å². The molecule has 0 aromatic heterocycles. The van der Waals surface area contributed by atoms with Crippen LogP contribution < -0.4 is 0 Å². The van der Waals surface area contributed by atoms with Crippen molar-refractivity contribution in [2.75, 3.05) is 0 Å². The van der Waals surface area contributed by atoms with E-state index in [0.29, 0.717) is 0 Å². The lowest BCUT2D eigenvalue weighted by atomic mass is 10.2. The summed E-state index contributed by atoms with van der Waals surface area (Å²) in [4.78, 5) is 20.1. The minimum Gasteiger partial charge on any atom is -0.481 e. The van der Waals surface area contributed by atoms with Gasteiger partial charge in [0.1, 0.15) is 0 Å². The molecule has 62 valence electrons. The van der Waals surface area contributed by atoms with E-state index in [1.54, 1.807) is 0 Å². The van der Waals surface area contributed by atoms with Gasteiger partial charge in [0.2, 0.25) is 0 Å². The van der Waals surface area contributed by atoms with Gasteiger partial charge in [-0.05, 0) is 13.3 Å². The van der Waals surface area contributed by atoms with Crippen molar-refractivity contribution in [1.29, 1.82) is 0 Å². The maximum absolute atomic E-state index is 10.2. The molecule has 0 aromatic rings. The van der Waals surface area contributed by atoms with Gasteiger partial charge in [0, 0.05) is 12.0 Å². The number of hydrogen-bond donors (Lipinski definition) is 2. The Labute approximate surface area is 64.2 Å². The van der Waals surface area contributed by atoms with Crippen molar-refractivity contribution in [2.45, 2.75) is 19.8 Å². The molecule has 0 heterocycles. The quantitative estimate of drug-likeness (QED) is 0.595. The first-order valence-corrected chi connectivity index (χ1v) is 3.16. The van der Waals surface area contributed by atoms with Crippen LogP contribution in [0.25, 0.3) is 0 Å². The van der Waals surface area contributed by atoms with Crippen LogP contribution >= 0.6 is 0 Å². The fourth-order valence-electron chi connectivity index (χ4n) is 0.499. The normalized spacial score (nSPS) is 11.2. The smallest absolute Gasteiger partial charge is 0.330 e. The maximum Gasteiger partial charge on any atom is 0.330 e. The maximum atomic E-state index is 10.2. The first-order chi connectivity index (χ1) is 5.04. The summed E-state index contributed by atoms with van der Waals surface area (Å²) in [5.41, 5.74) is 0.186. The molecule has 0 fully saturated rings. The second-order valence-electron chi connectivity index (χ2n) is 2.12. The number of rotatable bonds is 4. The molecule has 11 heavy (non-hydrogen) atoms. The summed E-state index contributed by atoms with van der Waals surface area (Å²) in [6, 6.07) is 0. The summed E-state index contributed by atoms with van der Waals surface area (Å²) in [5.74, 6) is -1.92. The van der Waals surface area contributed by atoms with Gasteiger partial charge in [-0.1, -0.05) is 6.08 Å². The van der Waals surface area contributed by atoms with E-state index < -0.39 is 11.9 Å². The van der Waals surface area contributed by atoms with E-state index in [9.17, 15) is 9.59 Å². The minimum absolute atomic E-state index is 0.0232. The Morgan fingerprint density at radius 1 is 1.36 bits per heavy atom. The molecular formula is C7H10O4. The Balaban J connectivity index is 3.74. The summed E-state index contributed by atoms with van der Waals surface area (Å²) in [6.07, 6.45) is 1.65. The van der Waals surface area contributed by atoms with Crippen LogP contribution in [0.3, 0.4) is 0 Å². The molecule has 0 saturated carbocycles. The SMILES string of the molecule is C/C(=C\CCC(=O)O)C(=O)O. The van der Waals surface area contributed by atoms with Crippen molar-refractivity contribution in [3.8, 4) is 0 Å². The lowest BCUT2D eigenvalue weighted by Gasteiger charge is -1.91. The first-order valence-electron chi connectivity index (χ1n) is 3.16. The minimum atomic E-state index is -1.00. The van der Waals surface area contributed by atoms with E-state index in [0.717, 1.165) is 0 Å². The van der Waals surface area contributed by atoms with Gasteiger partial charge in [-0.25, -0.2) is 4.79 Å². The average Bonchev–Trinajstić information content (AvgIpc) is 1.86. The number of allylic oxidation sites excluding steroid dienone is 1. The van der Waals surface area contributed by atoms with Crippen molar-refractivity contribution >= 4 is 11.9 Å². The Kier molecular flexibility index (Phi) is 3.95. The van der Waals surface area contributed by atoms with Crippen molar-refractivity contribution < 1.29 is 19.8 Å². The lowest BCUT2D eigenvalue weighted by molar-refractivity contribution is -0.137. The van der Waals surface area contributed by atoms with Gasteiger partial charge in [-0.3, -0.25) is 4.79 Å². The molecule has 0 aromatic carbocycles. The largest absolute Gasteiger partial charge is 0.481 e. The molecule has 4 heteroatoms. The number of aliphatic carboxylic acids is 2. The molecule has 0 aliphatic rings. The van der Waals surface area contributed by atoms with Crippen LogP contribution in [0.15, 0.2) is 11.6 Å². The van der Waals surface area contributed by atoms with Gasteiger partial charge in [-0.15, -0.1) is 0 Å². The van der Waals surface area contributed by atoms with Crippen LogP contribution in [-0.2, 0) is 9.59 Å². The van der Waals surface area contributed by atoms with Crippen LogP contribution in [0.5, 0.6) is 0 Å². The summed E-state index contributed by atoms with van der Waals surface area (Å²) < 4.78 is 0. The molecule has 0 atom stereocenters. The van der Waals surface area contributed by atoms with Crippen LogP contribution in [0, 0.1) is 0 Å². The third kappa shape index (κ3) is 5.14. The topological polar surface area (TPSA) is 74.6 Å². The molecule has 0 aliphatic carbocycles. The molecular weight excluding hydrogens is 148 g/mol. The number of carbonyl (C=O) groups is 2. The third-order valence-electron chi connectivity index (χ3n) is 1.15. The Bertz CT molecular complexity index is 193. The Hall–Kier alpha value is -1.32. The molecule has 0 unspecified atom stereocenters. The predicted molar refractivity (Wildman–Crippen MR) is 38.3 cm³/mol. The van der Waals surface area contributed by atoms with E-state index in [-0.39, 0.29) is 18.4 Å². The van der Waals surface area contributed by atoms with Crippen LogP contribution in [0.2, 0.25) is 0 Å². The summed E-state index contributed by atoms with van der Waals surface area (Å²) in [6.45, 7) is 1.43. The molecule has 0 aliphatic heterocycles. The second kappa shape index (κ2) is 4.49. The zero-order chi connectivity index (χ0) is 8.85. The van der Waals surface area contributed by atoms with Gasteiger partial charge in [0.05, 0.1) is 0 Å². The van der Waals surface area contributed by atoms with Gasteiger partial charge < -0.3 is 10.2 Å². The molecule has 4 nitrogen and oxygen atoms in total. The molecule has 0 rings (SSSR count). The number of carboxylic acid groups (broad SMARTS) is 2. The zero-order valence-corrected chi connectivity index (χ0v) is 6.20. The van der Waals surface area contributed by atoms with Crippen LogP contribution in [0.4, 0.5) is 0 Å². The van der Waals surface area contributed by atoms with E-state index in [2.05, 4.69) is 0 Å². The molecule has 0 spiro atoms. The fraction of sp³-hybridized carbons (Fsp3) is 0.429. The highest BCUT2D eigenvalue weighted by Crippen LogP contribution is 1.97. The second-order valence-corrected chi connectivity index (χ2v) is 2.12.